The first kappa shape index (κ1) is 12.9. The Morgan fingerprint density at radius 3 is 2.70 bits per heavy atom. The van der Waals surface area contributed by atoms with E-state index in [-0.39, 0.29) is 11.2 Å². The molecule has 0 aliphatic rings. The van der Waals surface area contributed by atoms with E-state index in [0.717, 1.165) is 11.1 Å². The Kier molecular flexibility index (Phi) is 3.06. The highest BCUT2D eigenvalue weighted by atomic mass is 32.1. The van der Waals surface area contributed by atoms with Gasteiger partial charge in [0.25, 0.3) is 5.56 Å². The van der Waals surface area contributed by atoms with Crippen molar-refractivity contribution in [2.75, 3.05) is 0 Å². The Labute approximate surface area is 119 Å². The first-order chi connectivity index (χ1) is 9.63. The normalized spacial score (nSPS) is 11.1. The zero-order valence-corrected chi connectivity index (χ0v) is 12.1. The minimum absolute atomic E-state index is 0.240. The number of thiophene rings is 1. The third-order valence-electron chi connectivity index (χ3n) is 3.33. The van der Waals surface area contributed by atoms with Gasteiger partial charge in [-0.25, -0.2) is 9.36 Å². The van der Waals surface area contributed by atoms with Gasteiger partial charge < -0.3 is 0 Å². The third kappa shape index (κ3) is 1.82. The maximum absolute atomic E-state index is 12.6. The monoisotopic (exact) mass is 286 g/mol. The van der Waals surface area contributed by atoms with E-state index in [9.17, 15) is 9.59 Å². The van der Waals surface area contributed by atoms with Crippen molar-refractivity contribution < 1.29 is 0 Å². The van der Waals surface area contributed by atoms with Gasteiger partial charge in [0.2, 0.25) is 0 Å². The minimum atomic E-state index is -0.283. The molecular weight excluding hydrogens is 272 g/mol. The van der Waals surface area contributed by atoms with E-state index in [2.05, 4.69) is 0 Å². The molecule has 2 heterocycles. The summed E-state index contributed by atoms with van der Waals surface area (Å²) in [5.41, 5.74) is 1.83. The molecule has 1 aromatic carbocycles. The molecule has 0 spiro atoms. The van der Waals surface area contributed by atoms with Crippen LogP contribution >= 0.6 is 11.3 Å². The van der Waals surface area contributed by atoms with Crippen LogP contribution in [0.15, 0.2) is 45.3 Å². The molecule has 0 saturated carbocycles. The summed E-state index contributed by atoms with van der Waals surface area (Å²) in [5, 5.41) is 1.85. The number of hydrogen-bond acceptors (Lipinski definition) is 3. The first-order valence-corrected chi connectivity index (χ1v) is 7.31. The van der Waals surface area contributed by atoms with Crippen LogP contribution in [0.1, 0.15) is 12.5 Å². The second kappa shape index (κ2) is 4.76. The number of fused-ring (bicyclic) bond motifs is 1. The molecular formula is C15H14N2O2S. The minimum Gasteiger partial charge on any atom is -0.292 e. The molecule has 20 heavy (non-hydrogen) atoms. The molecule has 5 heteroatoms. The number of rotatable bonds is 2. The number of benzene rings is 1. The standard InChI is InChI=1S/C15H14N2O2S/c1-3-16-12-7-8-20-13(12)14(18)17(15(16)19)11-6-4-5-10(2)9-11/h4-9H,3H2,1-2H3. The maximum Gasteiger partial charge on any atom is 0.336 e. The Hall–Kier alpha value is -2.14. The van der Waals surface area contributed by atoms with Crippen LogP contribution in [0.2, 0.25) is 0 Å². The van der Waals surface area contributed by atoms with Crippen molar-refractivity contribution in [3.8, 4) is 5.69 Å². The van der Waals surface area contributed by atoms with Crippen LogP contribution < -0.4 is 11.2 Å². The number of aromatic nitrogens is 2. The van der Waals surface area contributed by atoms with Gasteiger partial charge in [-0.1, -0.05) is 12.1 Å². The number of aryl methyl sites for hydroxylation is 2. The topological polar surface area (TPSA) is 44.0 Å². The largest absolute Gasteiger partial charge is 0.336 e. The van der Waals surface area contributed by atoms with Crippen LogP contribution in [-0.4, -0.2) is 9.13 Å². The summed E-state index contributed by atoms with van der Waals surface area (Å²) < 4.78 is 3.51. The van der Waals surface area contributed by atoms with Crippen molar-refractivity contribution in [3.05, 3.63) is 62.1 Å². The summed E-state index contributed by atoms with van der Waals surface area (Å²) in [6, 6.07) is 9.26. The molecule has 3 aromatic rings. The molecule has 0 unspecified atom stereocenters. The van der Waals surface area contributed by atoms with Crippen LogP contribution in [0.5, 0.6) is 0 Å². The van der Waals surface area contributed by atoms with Gasteiger partial charge in [-0.15, -0.1) is 11.3 Å². The highest BCUT2D eigenvalue weighted by Crippen LogP contribution is 2.16. The number of nitrogens with zero attached hydrogens (tertiary/aromatic N) is 2. The van der Waals surface area contributed by atoms with Gasteiger partial charge in [0, 0.05) is 6.54 Å². The van der Waals surface area contributed by atoms with Crippen molar-refractivity contribution in [1.82, 2.24) is 9.13 Å². The fraction of sp³-hybridized carbons (Fsp3) is 0.200. The molecule has 0 aliphatic carbocycles. The zero-order valence-electron chi connectivity index (χ0n) is 11.3. The molecule has 3 rings (SSSR count). The molecule has 4 nitrogen and oxygen atoms in total. The summed E-state index contributed by atoms with van der Waals surface area (Å²) in [4.78, 5) is 25.1. The van der Waals surface area contributed by atoms with Gasteiger partial charge in [0.1, 0.15) is 4.70 Å². The fourth-order valence-corrected chi connectivity index (χ4v) is 3.21. The lowest BCUT2D eigenvalue weighted by atomic mass is 10.2. The zero-order chi connectivity index (χ0) is 14.3. The molecule has 102 valence electrons. The van der Waals surface area contributed by atoms with Gasteiger partial charge in [-0.2, -0.15) is 0 Å². The summed E-state index contributed by atoms with van der Waals surface area (Å²) in [5.74, 6) is 0. The van der Waals surface area contributed by atoms with Crippen molar-refractivity contribution >= 4 is 21.6 Å². The average Bonchev–Trinajstić information content (AvgIpc) is 2.89. The van der Waals surface area contributed by atoms with E-state index in [4.69, 9.17) is 0 Å². The summed E-state index contributed by atoms with van der Waals surface area (Å²) in [6.07, 6.45) is 0. The third-order valence-corrected chi connectivity index (χ3v) is 4.22. The van der Waals surface area contributed by atoms with Crippen LogP contribution in [0.4, 0.5) is 0 Å². The summed E-state index contributed by atoms with van der Waals surface area (Å²) in [7, 11) is 0. The maximum atomic E-state index is 12.6. The van der Waals surface area contributed by atoms with E-state index in [1.807, 2.05) is 43.5 Å². The Bertz CT molecular complexity index is 902. The van der Waals surface area contributed by atoms with Crippen molar-refractivity contribution in [1.29, 1.82) is 0 Å². The molecule has 0 fully saturated rings. The first-order valence-electron chi connectivity index (χ1n) is 6.43. The van der Waals surface area contributed by atoms with Crippen LogP contribution in [0.3, 0.4) is 0 Å². The smallest absolute Gasteiger partial charge is 0.292 e. The van der Waals surface area contributed by atoms with Crippen molar-refractivity contribution in [2.45, 2.75) is 20.4 Å². The molecule has 0 aliphatic heterocycles. The van der Waals surface area contributed by atoms with Gasteiger partial charge >= 0.3 is 5.69 Å². The molecule has 0 amide bonds. The van der Waals surface area contributed by atoms with Gasteiger partial charge in [0.05, 0.1) is 11.2 Å². The lowest BCUT2D eigenvalue weighted by Crippen LogP contribution is -2.38. The second-order valence-corrected chi connectivity index (χ2v) is 5.56. The summed E-state index contributed by atoms with van der Waals surface area (Å²) in [6.45, 7) is 4.39. The van der Waals surface area contributed by atoms with Gasteiger partial charge in [0.15, 0.2) is 0 Å². The predicted octanol–water partition coefficient (Wildman–Crippen LogP) is 2.54. The Morgan fingerprint density at radius 2 is 2.00 bits per heavy atom. The van der Waals surface area contributed by atoms with Crippen LogP contribution in [0.25, 0.3) is 15.9 Å². The van der Waals surface area contributed by atoms with E-state index in [1.54, 1.807) is 10.6 Å². The molecule has 0 bridgehead atoms. The van der Waals surface area contributed by atoms with E-state index in [1.165, 1.54) is 15.9 Å². The fourth-order valence-electron chi connectivity index (χ4n) is 2.39. The predicted molar refractivity (Wildman–Crippen MR) is 82.1 cm³/mol. The van der Waals surface area contributed by atoms with Crippen LogP contribution in [-0.2, 0) is 6.54 Å². The lowest BCUT2D eigenvalue weighted by molar-refractivity contribution is 0.693. The summed E-state index contributed by atoms with van der Waals surface area (Å²) >= 11 is 1.37. The molecule has 0 saturated heterocycles. The quantitative estimate of drug-likeness (QED) is 0.726. The highest BCUT2D eigenvalue weighted by Gasteiger charge is 2.14. The van der Waals surface area contributed by atoms with Gasteiger partial charge in [-0.05, 0) is 43.0 Å². The highest BCUT2D eigenvalue weighted by molar-refractivity contribution is 7.17. The molecule has 0 radical (unpaired) electrons. The SMILES string of the molecule is CCn1c(=O)n(-c2cccc(C)c2)c(=O)c2sccc21. The van der Waals surface area contributed by atoms with E-state index < -0.39 is 0 Å². The molecule has 0 N–H and O–H groups in total. The van der Waals surface area contributed by atoms with E-state index in [0.29, 0.717) is 16.9 Å². The Morgan fingerprint density at radius 1 is 1.20 bits per heavy atom. The Balaban J connectivity index is 2.48. The molecule has 2 aromatic heterocycles. The van der Waals surface area contributed by atoms with Crippen LogP contribution in [0, 0.1) is 6.92 Å². The van der Waals surface area contributed by atoms with Crippen molar-refractivity contribution in [2.24, 2.45) is 0 Å². The average molecular weight is 286 g/mol. The van der Waals surface area contributed by atoms with Crippen molar-refractivity contribution in [3.63, 3.8) is 0 Å². The second-order valence-electron chi connectivity index (χ2n) is 4.64. The van der Waals surface area contributed by atoms with E-state index >= 15 is 0 Å². The van der Waals surface area contributed by atoms with Gasteiger partial charge in [-0.3, -0.25) is 9.36 Å². The lowest BCUT2D eigenvalue weighted by Gasteiger charge is -2.10. The number of hydrogen-bond donors (Lipinski definition) is 0. The molecule has 0 atom stereocenters.